The summed E-state index contributed by atoms with van der Waals surface area (Å²) in [5, 5.41) is 3.48. The van der Waals surface area contributed by atoms with Crippen LogP contribution in [0.2, 0.25) is 0 Å². The van der Waals surface area contributed by atoms with E-state index in [1.54, 1.807) is 11.2 Å². The van der Waals surface area contributed by atoms with Gasteiger partial charge in [-0.3, -0.25) is 14.4 Å². The molecular formula is C25H28N4O4. The number of amides is 2. The number of nitrogens with zero attached hydrogens (tertiary/aromatic N) is 2. The van der Waals surface area contributed by atoms with Crippen molar-refractivity contribution in [1.82, 2.24) is 4.90 Å². The molecule has 0 unspecified atom stereocenters. The van der Waals surface area contributed by atoms with Gasteiger partial charge in [0.05, 0.1) is 24.2 Å². The van der Waals surface area contributed by atoms with E-state index >= 15 is 0 Å². The summed E-state index contributed by atoms with van der Waals surface area (Å²) in [5.41, 5.74) is 8.74. The Kier molecular flexibility index (Phi) is 5.66. The minimum Gasteiger partial charge on any atom is -0.467 e. The molecule has 172 valence electrons. The minimum atomic E-state index is -0.494. The predicted molar refractivity (Wildman–Crippen MR) is 123 cm³/mol. The Morgan fingerprint density at radius 3 is 2.61 bits per heavy atom. The highest BCUT2D eigenvalue weighted by molar-refractivity contribution is 6.01. The number of nitrogens with one attached hydrogen (secondary N) is 1. The molecule has 1 fully saturated rings. The minimum absolute atomic E-state index is 0.0448. The third-order valence-corrected chi connectivity index (χ3v) is 6.91. The summed E-state index contributed by atoms with van der Waals surface area (Å²) < 4.78 is 5.81. The highest BCUT2D eigenvalue weighted by Crippen LogP contribution is 2.44. The van der Waals surface area contributed by atoms with Gasteiger partial charge in [-0.1, -0.05) is 12.1 Å². The summed E-state index contributed by atoms with van der Waals surface area (Å²) in [7, 11) is 0. The van der Waals surface area contributed by atoms with E-state index in [0.717, 1.165) is 29.9 Å². The zero-order chi connectivity index (χ0) is 22.9. The summed E-state index contributed by atoms with van der Waals surface area (Å²) in [4.78, 5) is 41.9. The van der Waals surface area contributed by atoms with Gasteiger partial charge in [-0.2, -0.15) is 0 Å². The lowest BCUT2D eigenvalue weighted by molar-refractivity contribution is -0.133. The topological polar surface area (TPSA) is 109 Å². The normalized spacial score (nSPS) is 21.2. The maximum absolute atomic E-state index is 13.4. The lowest BCUT2D eigenvalue weighted by Crippen LogP contribution is -2.47. The lowest BCUT2D eigenvalue weighted by Gasteiger charge is -2.36. The molecule has 1 saturated heterocycles. The summed E-state index contributed by atoms with van der Waals surface area (Å²) in [5.74, 6) is 0.189. The third kappa shape index (κ3) is 4.01. The number of para-hydroxylation sites is 2. The molecule has 8 nitrogen and oxygen atoms in total. The van der Waals surface area contributed by atoms with Crippen LogP contribution >= 0.6 is 0 Å². The van der Waals surface area contributed by atoms with Crippen molar-refractivity contribution in [3.05, 3.63) is 59.7 Å². The molecule has 3 heterocycles. The van der Waals surface area contributed by atoms with Crippen molar-refractivity contribution in [2.75, 3.05) is 29.9 Å². The van der Waals surface area contributed by atoms with Crippen LogP contribution in [0.1, 0.15) is 43.9 Å². The number of allylic oxidation sites excluding steroid dienone is 1. The number of piperidine rings is 1. The zero-order valence-corrected chi connectivity index (χ0v) is 18.5. The Morgan fingerprint density at radius 1 is 1.09 bits per heavy atom. The van der Waals surface area contributed by atoms with Crippen molar-refractivity contribution < 1.29 is 18.8 Å². The van der Waals surface area contributed by atoms with Crippen molar-refractivity contribution in [1.29, 1.82) is 0 Å². The average Bonchev–Trinajstić information content (AvgIpc) is 3.30. The number of hydrogen-bond donors (Lipinski definition) is 2. The van der Waals surface area contributed by atoms with E-state index in [0.29, 0.717) is 43.7 Å². The molecule has 1 aromatic carbocycles. The molecule has 2 amide bonds. The number of nitrogens with two attached hydrogens (primary N) is 1. The van der Waals surface area contributed by atoms with Crippen molar-refractivity contribution in [2.24, 2.45) is 11.7 Å². The van der Waals surface area contributed by atoms with Gasteiger partial charge in [0.15, 0.2) is 5.78 Å². The first kappa shape index (κ1) is 21.3. The predicted octanol–water partition coefficient (Wildman–Crippen LogP) is 2.98. The van der Waals surface area contributed by atoms with Crippen molar-refractivity contribution in [3.8, 4) is 0 Å². The lowest BCUT2D eigenvalue weighted by atomic mass is 9.88. The van der Waals surface area contributed by atoms with E-state index in [1.807, 2.05) is 41.3 Å². The van der Waals surface area contributed by atoms with Crippen LogP contribution in [0.3, 0.4) is 0 Å². The smallest absolute Gasteiger partial charge is 0.242 e. The zero-order valence-electron chi connectivity index (χ0n) is 18.5. The number of furan rings is 1. The number of fused-ring (bicyclic) bond motifs is 1. The van der Waals surface area contributed by atoms with Gasteiger partial charge in [0, 0.05) is 36.7 Å². The molecule has 3 N–H and O–H groups in total. The molecule has 0 saturated carbocycles. The standard InChI is InChI=1S/C25H28N4O4/c26-25(32)16-10-12-28(13-11-16)22(31)15-29-19-7-2-1-5-17(19)27-18-6-3-8-20(30)23(18)24(29)21-9-4-14-33-21/h1-2,4-5,7,9,14,16,24,27H,3,6,8,10-13,15H2,(H2,26,32)/t24-/m1/s1. The van der Waals surface area contributed by atoms with Gasteiger partial charge in [0.2, 0.25) is 11.8 Å². The number of rotatable bonds is 4. The maximum atomic E-state index is 13.4. The van der Waals surface area contributed by atoms with Gasteiger partial charge in [0.25, 0.3) is 0 Å². The molecule has 1 atom stereocenters. The van der Waals surface area contributed by atoms with E-state index in [-0.39, 0.29) is 30.1 Å². The molecule has 5 rings (SSSR count). The second-order valence-electron chi connectivity index (χ2n) is 8.91. The monoisotopic (exact) mass is 448 g/mol. The van der Waals surface area contributed by atoms with Gasteiger partial charge < -0.3 is 25.3 Å². The number of carbonyl (C=O) groups excluding carboxylic acids is 3. The van der Waals surface area contributed by atoms with E-state index in [2.05, 4.69) is 5.32 Å². The van der Waals surface area contributed by atoms with Crippen LogP contribution in [0.4, 0.5) is 11.4 Å². The van der Waals surface area contributed by atoms with Crippen LogP contribution in [-0.2, 0) is 14.4 Å². The molecule has 0 bridgehead atoms. The largest absolute Gasteiger partial charge is 0.467 e. The van der Waals surface area contributed by atoms with Gasteiger partial charge in [-0.05, 0) is 49.9 Å². The Hall–Kier alpha value is -3.55. The van der Waals surface area contributed by atoms with Crippen LogP contribution in [0.15, 0.2) is 58.3 Å². The van der Waals surface area contributed by atoms with E-state index < -0.39 is 6.04 Å². The van der Waals surface area contributed by atoms with E-state index in [9.17, 15) is 14.4 Å². The fraction of sp³-hybridized carbons (Fsp3) is 0.400. The number of anilines is 2. The van der Waals surface area contributed by atoms with Crippen LogP contribution in [0.5, 0.6) is 0 Å². The first-order valence-corrected chi connectivity index (χ1v) is 11.5. The second-order valence-corrected chi connectivity index (χ2v) is 8.91. The van der Waals surface area contributed by atoms with Gasteiger partial charge in [-0.15, -0.1) is 0 Å². The number of ketones is 1. The Balaban J connectivity index is 1.52. The highest BCUT2D eigenvalue weighted by atomic mass is 16.3. The quantitative estimate of drug-likeness (QED) is 0.744. The Bertz CT molecular complexity index is 1100. The number of Topliss-reactive ketones (excluding diaryl/α,β-unsaturated/α-hetero) is 1. The van der Waals surface area contributed by atoms with Crippen LogP contribution in [0, 0.1) is 5.92 Å². The molecule has 2 aliphatic heterocycles. The molecule has 8 heteroatoms. The fourth-order valence-electron chi connectivity index (χ4n) is 5.18. The number of primary amides is 1. The Labute approximate surface area is 192 Å². The Morgan fingerprint density at radius 2 is 1.88 bits per heavy atom. The maximum Gasteiger partial charge on any atom is 0.242 e. The number of hydrogen-bond acceptors (Lipinski definition) is 6. The molecule has 1 aliphatic carbocycles. The van der Waals surface area contributed by atoms with Crippen LogP contribution in [0.25, 0.3) is 0 Å². The first-order chi connectivity index (χ1) is 16.0. The van der Waals surface area contributed by atoms with Gasteiger partial charge in [-0.25, -0.2) is 0 Å². The summed E-state index contributed by atoms with van der Waals surface area (Å²) in [6, 6.07) is 11.0. The van der Waals surface area contributed by atoms with Crippen molar-refractivity contribution in [3.63, 3.8) is 0 Å². The molecule has 0 spiro atoms. The third-order valence-electron chi connectivity index (χ3n) is 6.91. The first-order valence-electron chi connectivity index (χ1n) is 11.5. The summed E-state index contributed by atoms with van der Waals surface area (Å²) in [6.45, 7) is 1.09. The van der Waals surface area contributed by atoms with Gasteiger partial charge in [0.1, 0.15) is 11.8 Å². The number of likely N-dealkylation sites (tertiary alicyclic amines) is 1. The van der Waals surface area contributed by atoms with Crippen LogP contribution < -0.4 is 16.0 Å². The van der Waals surface area contributed by atoms with Crippen molar-refractivity contribution >= 4 is 29.0 Å². The van der Waals surface area contributed by atoms with Crippen molar-refractivity contribution in [2.45, 2.75) is 38.1 Å². The second kappa shape index (κ2) is 8.77. The molecule has 33 heavy (non-hydrogen) atoms. The SMILES string of the molecule is NC(=O)C1CCN(C(=O)CN2c3ccccc3NC3=C(C(=O)CCC3)[C@H]2c2ccco2)CC1. The number of carbonyl (C=O) groups is 3. The molecule has 2 aromatic rings. The average molecular weight is 449 g/mol. The highest BCUT2D eigenvalue weighted by Gasteiger charge is 2.39. The molecule has 1 aromatic heterocycles. The molecule has 0 radical (unpaired) electrons. The van der Waals surface area contributed by atoms with Crippen LogP contribution in [-0.4, -0.2) is 42.1 Å². The summed E-state index contributed by atoms with van der Waals surface area (Å²) in [6.07, 6.45) is 4.81. The summed E-state index contributed by atoms with van der Waals surface area (Å²) >= 11 is 0. The number of benzene rings is 1. The molecular weight excluding hydrogens is 420 g/mol. The van der Waals surface area contributed by atoms with Gasteiger partial charge >= 0.3 is 0 Å². The fourth-order valence-corrected chi connectivity index (χ4v) is 5.18. The molecule has 3 aliphatic rings. The van der Waals surface area contributed by atoms with E-state index in [4.69, 9.17) is 10.2 Å². The van der Waals surface area contributed by atoms with E-state index in [1.165, 1.54) is 0 Å².